The minimum Gasteiger partial charge on any atom is -0.311 e. The topological polar surface area (TPSA) is 24.9 Å². The molecule has 0 fully saturated rings. The molecule has 0 spiro atoms. The molecule has 0 saturated carbocycles. The van der Waals surface area contributed by atoms with Gasteiger partial charge in [0, 0.05) is 35.9 Å². The van der Waals surface area contributed by atoms with Crippen LogP contribution in [0.4, 0.5) is 0 Å². The number of hydrogen-bond donors (Lipinski definition) is 1. The Bertz CT molecular complexity index is 513. The number of aromatic nitrogens is 1. The molecular formula is C15H16N2S. The second kappa shape index (κ2) is 5.55. The van der Waals surface area contributed by atoms with Crippen LogP contribution in [0.25, 0.3) is 0 Å². The summed E-state index contributed by atoms with van der Waals surface area (Å²) in [5, 5.41) is 3.51. The predicted molar refractivity (Wildman–Crippen MR) is 75.9 cm³/mol. The highest BCUT2D eigenvalue weighted by atomic mass is 32.2. The van der Waals surface area contributed by atoms with Crippen molar-refractivity contribution < 1.29 is 0 Å². The van der Waals surface area contributed by atoms with Gasteiger partial charge in [0.1, 0.15) is 0 Å². The monoisotopic (exact) mass is 256 g/mol. The van der Waals surface area contributed by atoms with Gasteiger partial charge in [-0.25, -0.2) is 0 Å². The Balaban J connectivity index is 1.56. The van der Waals surface area contributed by atoms with E-state index in [9.17, 15) is 0 Å². The fourth-order valence-corrected chi connectivity index (χ4v) is 3.53. The highest BCUT2D eigenvalue weighted by Gasteiger charge is 2.21. The van der Waals surface area contributed by atoms with Gasteiger partial charge in [0.05, 0.1) is 5.69 Å². The Morgan fingerprint density at radius 3 is 2.94 bits per heavy atom. The van der Waals surface area contributed by atoms with Crippen molar-refractivity contribution in [3.8, 4) is 0 Å². The molecular weight excluding hydrogens is 240 g/mol. The van der Waals surface area contributed by atoms with Crippen molar-refractivity contribution in [2.75, 3.05) is 12.3 Å². The third kappa shape index (κ3) is 2.57. The largest absolute Gasteiger partial charge is 0.311 e. The van der Waals surface area contributed by atoms with Crippen LogP contribution in [-0.2, 0) is 6.54 Å². The summed E-state index contributed by atoms with van der Waals surface area (Å²) < 4.78 is 0. The van der Waals surface area contributed by atoms with Gasteiger partial charge in [0.15, 0.2) is 0 Å². The quantitative estimate of drug-likeness (QED) is 0.910. The van der Waals surface area contributed by atoms with Crippen LogP contribution in [0.1, 0.15) is 17.2 Å². The summed E-state index contributed by atoms with van der Waals surface area (Å²) in [6, 6.07) is 14.8. The number of hydrogen-bond acceptors (Lipinski definition) is 3. The zero-order valence-electron chi connectivity index (χ0n) is 10.2. The van der Waals surface area contributed by atoms with Crippen molar-refractivity contribution in [2.45, 2.75) is 17.4 Å². The lowest BCUT2D eigenvalue weighted by atomic mass is 10.0. The van der Waals surface area contributed by atoms with Gasteiger partial charge >= 0.3 is 0 Å². The molecule has 1 aliphatic rings. The minimum atomic E-state index is 0.634. The van der Waals surface area contributed by atoms with Gasteiger partial charge in [-0.2, -0.15) is 0 Å². The molecule has 3 rings (SSSR count). The highest BCUT2D eigenvalue weighted by Crippen LogP contribution is 2.38. The fourth-order valence-electron chi connectivity index (χ4n) is 2.28. The summed E-state index contributed by atoms with van der Waals surface area (Å²) in [6.45, 7) is 1.88. The Labute approximate surface area is 112 Å². The molecule has 2 nitrogen and oxygen atoms in total. The lowest BCUT2D eigenvalue weighted by Gasteiger charge is -2.11. The molecule has 0 bridgehead atoms. The van der Waals surface area contributed by atoms with Crippen LogP contribution >= 0.6 is 11.8 Å². The number of nitrogens with one attached hydrogen (secondary N) is 1. The number of thioether (sulfide) groups is 1. The smallest absolute Gasteiger partial charge is 0.0541 e. The standard InChI is InChI=1S/C15H16N2S/c1-2-7-15-14(6-1)12(11-18-15)9-16-10-13-5-3-4-8-17-13/h1-8,12,16H,9-11H2. The molecule has 1 aromatic heterocycles. The van der Waals surface area contributed by atoms with E-state index in [-0.39, 0.29) is 0 Å². The summed E-state index contributed by atoms with van der Waals surface area (Å²) in [5.74, 6) is 1.82. The van der Waals surface area contributed by atoms with E-state index in [0.29, 0.717) is 5.92 Å². The molecule has 1 aromatic carbocycles. The molecule has 1 unspecified atom stereocenters. The molecule has 0 amide bonds. The van der Waals surface area contributed by atoms with Crippen molar-refractivity contribution in [1.29, 1.82) is 0 Å². The summed E-state index contributed by atoms with van der Waals surface area (Å²) in [7, 11) is 0. The van der Waals surface area contributed by atoms with Gasteiger partial charge in [-0.3, -0.25) is 4.98 Å². The number of nitrogens with zero attached hydrogens (tertiary/aromatic N) is 1. The molecule has 1 N–H and O–H groups in total. The maximum Gasteiger partial charge on any atom is 0.0541 e. The van der Waals surface area contributed by atoms with Crippen LogP contribution in [0.15, 0.2) is 53.6 Å². The average molecular weight is 256 g/mol. The van der Waals surface area contributed by atoms with Crippen molar-refractivity contribution in [2.24, 2.45) is 0 Å². The molecule has 92 valence electrons. The van der Waals surface area contributed by atoms with Crippen LogP contribution in [0, 0.1) is 0 Å². The summed E-state index contributed by atoms with van der Waals surface area (Å²) in [6.07, 6.45) is 1.84. The lowest BCUT2D eigenvalue weighted by Crippen LogP contribution is -2.21. The van der Waals surface area contributed by atoms with E-state index in [4.69, 9.17) is 0 Å². The predicted octanol–water partition coefficient (Wildman–Crippen LogP) is 3.06. The first-order chi connectivity index (χ1) is 8.93. The second-order valence-corrected chi connectivity index (χ2v) is 5.56. The van der Waals surface area contributed by atoms with Crippen molar-refractivity contribution in [3.05, 3.63) is 59.9 Å². The van der Waals surface area contributed by atoms with E-state index in [1.165, 1.54) is 16.2 Å². The first-order valence-corrected chi connectivity index (χ1v) is 7.24. The van der Waals surface area contributed by atoms with Crippen LogP contribution in [-0.4, -0.2) is 17.3 Å². The molecule has 1 atom stereocenters. The van der Waals surface area contributed by atoms with E-state index in [0.717, 1.165) is 18.8 Å². The fraction of sp³-hybridized carbons (Fsp3) is 0.267. The van der Waals surface area contributed by atoms with Crippen molar-refractivity contribution >= 4 is 11.8 Å². The first kappa shape index (κ1) is 11.8. The zero-order chi connectivity index (χ0) is 12.2. The highest BCUT2D eigenvalue weighted by molar-refractivity contribution is 7.99. The van der Waals surface area contributed by atoms with E-state index in [1.807, 2.05) is 30.1 Å². The van der Waals surface area contributed by atoms with Crippen LogP contribution in [0.3, 0.4) is 0 Å². The van der Waals surface area contributed by atoms with Gasteiger partial charge in [-0.1, -0.05) is 24.3 Å². The normalized spacial score (nSPS) is 17.7. The molecule has 18 heavy (non-hydrogen) atoms. The van der Waals surface area contributed by atoms with Gasteiger partial charge in [0.2, 0.25) is 0 Å². The number of rotatable bonds is 4. The molecule has 2 aromatic rings. The Hall–Kier alpha value is -1.32. The van der Waals surface area contributed by atoms with Gasteiger partial charge in [-0.15, -0.1) is 11.8 Å². The van der Waals surface area contributed by atoms with Gasteiger partial charge < -0.3 is 5.32 Å². The van der Waals surface area contributed by atoms with E-state index in [1.54, 1.807) is 0 Å². The molecule has 1 aliphatic heterocycles. The molecule has 3 heteroatoms. The number of fused-ring (bicyclic) bond motifs is 1. The Kier molecular flexibility index (Phi) is 3.62. The SMILES string of the molecule is c1ccc(CNCC2CSc3ccccc32)nc1. The zero-order valence-corrected chi connectivity index (χ0v) is 11.0. The van der Waals surface area contributed by atoms with Crippen LogP contribution in [0.2, 0.25) is 0 Å². The van der Waals surface area contributed by atoms with Crippen molar-refractivity contribution in [3.63, 3.8) is 0 Å². The summed E-state index contributed by atoms with van der Waals surface area (Å²) >= 11 is 1.97. The maximum atomic E-state index is 4.32. The third-order valence-corrected chi connectivity index (χ3v) is 4.47. The number of benzene rings is 1. The van der Waals surface area contributed by atoms with E-state index >= 15 is 0 Å². The van der Waals surface area contributed by atoms with E-state index < -0.39 is 0 Å². The first-order valence-electron chi connectivity index (χ1n) is 6.26. The third-order valence-electron chi connectivity index (χ3n) is 3.22. The maximum absolute atomic E-state index is 4.32. The lowest BCUT2D eigenvalue weighted by molar-refractivity contribution is 0.614. The second-order valence-electron chi connectivity index (χ2n) is 4.50. The molecule has 0 aliphatic carbocycles. The minimum absolute atomic E-state index is 0.634. The summed E-state index contributed by atoms with van der Waals surface area (Å²) in [5.41, 5.74) is 2.60. The molecule has 2 heterocycles. The Morgan fingerprint density at radius 1 is 1.17 bits per heavy atom. The number of pyridine rings is 1. The average Bonchev–Trinajstić information content (AvgIpc) is 2.84. The van der Waals surface area contributed by atoms with Gasteiger partial charge in [0.25, 0.3) is 0 Å². The van der Waals surface area contributed by atoms with Crippen LogP contribution < -0.4 is 5.32 Å². The van der Waals surface area contributed by atoms with Crippen LogP contribution in [0.5, 0.6) is 0 Å². The van der Waals surface area contributed by atoms with Crippen molar-refractivity contribution in [1.82, 2.24) is 10.3 Å². The van der Waals surface area contributed by atoms with Gasteiger partial charge in [-0.05, 0) is 23.8 Å². The molecule has 0 saturated heterocycles. The van der Waals surface area contributed by atoms with E-state index in [2.05, 4.69) is 40.6 Å². The molecule has 0 radical (unpaired) electrons. The Morgan fingerprint density at radius 2 is 2.06 bits per heavy atom. The summed E-state index contributed by atoms with van der Waals surface area (Å²) in [4.78, 5) is 5.77.